The summed E-state index contributed by atoms with van der Waals surface area (Å²) in [4.78, 5) is 2.57. The van der Waals surface area contributed by atoms with Gasteiger partial charge in [-0.3, -0.25) is 0 Å². The Hall–Kier alpha value is -5.70. The highest BCUT2D eigenvalue weighted by molar-refractivity contribution is 7.21. The molecule has 9 aromatic rings. The summed E-state index contributed by atoms with van der Waals surface area (Å²) in [6.07, 6.45) is 0. The molecule has 0 atom stereocenters. The first-order chi connectivity index (χ1) is 22.8. The second kappa shape index (κ2) is 11.0. The third kappa shape index (κ3) is 4.38. The minimum Gasteiger partial charge on any atom is -0.455 e. The van der Waals surface area contributed by atoms with Crippen molar-refractivity contribution in [1.29, 1.82) is 0 Å². The minimum absolute atomic E-state index is 0.915. The molecule has 9 rings (SSSR count). The lowest BCUT2D eigenvalue weighted by atomic mass is 9.92. The number of para-hydroxylation sites is 2. The van der Waals surface area contributed by atoms with Crippen molar-refractivity contribution in [2.45, 2.75) is 0 Å². The normalized spacial score (nSPS) is 11.5. The Labute approximate surface area is 271 Å². The Morgan fingerprint density at radius 2 is 0.848 bits per heavy atom. The van der Waals surface area contributed by atoms with Gasteiger partial charge in [-0.05, 0) is 39.9 Å². The van der Waals surface area contributed by atoms with Gasteiger partial charge in [0, 0.05) is 48.0 Å². The van der Waals surface area contributed by atoms with Gasteiger partial charge in [-0.25, -0.2) is 0 Å². The first-order valence-electron chi connectivity index (χ1n) is 15.6. The molecule has 0 N–H and O–H groups in total. The molecule has 0 amide bonds. The zero-order chi connectivity index (χ0) is 30.5. The van der Waals surface area contributed by atoms with Gasteiger partial charge in [0.05, 0.1) is 0 Å². The van der Waals surface area contributed by atoms with E-state index in [1.165, 1.54) is 53.9 Å². The van der Waals surface area contributed by atoms with E-state index in [2.05, 4.69) is 158 Å². The lowest BCUT2D eigenvalue weighted by Crippen LogP contribution is -1.87. The van der Waals surface area contributed by atoms with Crippen LogP contribution in [-0.2, 0) is 0 Å². The average molecular weight is 605 g/mol. The van der Waals surface area contributed by atoms with Crippen LogP contribution in [0.3, 0.4) is 0 Å². The van der Waals surface area contributed by atoms with E-state index in [0.29, 0.717) is 0 Å². The number of thiophene rings is 1. The maximum atomic E-state index is 6.46. The summed E-state index contributed by atoms with van der Waals surface area (Å²) in [6, 6.07) is 60.8. The topological polar surface area (TPSA) is 13.1 Å². The molecule has 0 saturated heterocycles. The van der Waals surface area contributed by atoms with Gasteiger partial charge in [0.2, 0.25) is 0 Å². The van der Waals surface area contributed by atoms with Crippen LogP contribution in [-0.4, -0.2) is 0 Å². The average Bonchev–Trinajstić information content (AvgIpc) is 3.71. The molecule has 0 aliphatic rings. The molecule has 0 radical (unpaired) electrons. The van der Waals surface area contributed by atoms with Crippen molar-refractivity contribution in [3.05, 3.63) is 170 Å². The fourth-order valence-electron chi connectivity index (χ4n) is 6.78. The zero-order valence-electron chi connectivity index (χ0n) is 25.0. The SMILES string of the molecule is c1ccc(-c2ccccc2-c2sc(-c3ccc(-c4cccc5c4oc4ccccc45)cc3-c3ccccc3)c3ccccc23)cc1. The number of furan rings is 1. The molecular weight excluding hydrogens is 577 g/mol. The van der Waals surface area contributed by atoms with Crippen molar-refractivity contribution < 1.29 is 4.42 Å². The van der Waals surface area contributed by atoms with Gasteiger partial charge in [0.1, 0.15) is 11.2 Å². The summed E-state index contributed by atoms with van der Waals surface area (Å²) < 4.78 is 6.46. The van der Waals surface area contributed by atoms with Gasteiger partial charge in [-0.15, -0.1) is 11.3 Å². The monoisotopic (exact) mass is 604 g/mol. The van der Waals surface area contributed by atoms with E-state index < -0.39 is 0 Å². The Morgan fingerprint density at radius 1 is 0.326 bits per heavy atom. The molecule has 0 aliphatic carbocycles. The van der Waals surface area contributed by atoms with E-state index in [4.69, 9.17) is 4.42 Å². The van der Waals surface area contributed by atoms with Gasteiger partial charge >= 0.3 is 0 Å². The van der Waals surface area contributed by atoms with Crippen molar-refractivity contribution in [1.82, 2.24) is 0 Å². The molecule has 2 heteroatoms. The molecule has 46 heavy (non-hydrogen) atoms. The summed E-state index contributed by atoms with van der Waals surface area (Å²) in [5.74, 6) is 0. The predicted molar refractivity (Wildman–Crippen MR) is 196 cm³/mol. The van der Waals surface area contributed by atoms with Gasteiger partial charge in [-0.2, -0.15) is 0 Å². The van der Waals surface area contributed by atoms with Crippen LogP contribution in [0.25, 0.3) is 87.0 Å². The second-order valence-corrected chi connectivity index (χ2v) is 12.6. The van der Waals surface area contributed by atoms with Crippen molar-refractivity contribution in [3.63, 3.8) is 0 Å². The Balaban J connectivity index is 1.28. The molecule has 0 spiro atoms. The van der Waals surface area contributed by atoms with Gasteiger partial charge in [-0.1, -0.05) is 158 Å². The van der Waals surface area contributed by atoms with E-state index in [9.17, 15) is 0 Å². The maximum Gasteiger partial charge on any atom is 0.143 e. The Bertz CT molecular complexity index is 2520. The molecule has 216 valence electrons. The van der Waals surface area contributed by atoms with Crippen molar-refractivity contribution in [2.75, 3.05) is 0 Å². The first kappa shape index (κ1) is 26.7. The van der Waals surface area contributed by atoms with E-state index >= 15 is 0 Å². The fraction of sp³-hybridized carbons (Fsp3) is 0. The molecule has 2 aromatic heterocycles. The van der Waals surface area contributed by atoms with Crippen LogP contribution >= 0.6 is 11.3 Å². The summed E-state index contributed by atoms with van der Waals surface area (Å²) in [5.41, 5.74) is 11.5. The summed E-state index contributed by atoms with van der Waals surface area (Å²) in [6.45, 7) is 0. The fourth-order valence-corrected chi connectivity index (χ4v) is 8.14. The highest BCUT2D eigenvalue weighted by Crippen LogP contribution is 2.49. The largest absolute Gasteiger partial charge is 0.455 e. The van der Waals surface area contributed by atoms with Gasteiger partial charge in [0.25, 0.3) is 0 Å². The quantitative estimate of drug-likeness (QED) is 0.190. The minimum atomic E-state index is 0.915. The summed E-state index contributed by atoms with van der Waals surface area (Å²) in [7, 11) is 0. The van der Waals surface area contributed by atoms with Gasteiger partial charge < -0.3 is 4.42 Å². The Kier molecular flexibility index (Phi) is 6.40. The summed E-state index contributed by atoms with van der Waals surface area (Å²) >= 11 is 1.89. The number of rotatable bonds is 5. The molecule has 0 bridgehead atoms. The van der Waals surface area contributed by atoms with E-state index in [1.807, 2.05) is 23.5 Å². The van der Waals surface area contributed by atoms with Crippen molar-refractivity contribution >= 4 is 44.0 Å². The maximum absolute atomic E-state index is 6.46. The Morgan fingerprint density at radius 3 is 1.57 bits per heavy atom. The van der Waals surface area contributed by atoms with Crippen molar-refractivity contribution in [3.8, 4) is 54.3 Å². The number of benzene rings is 7. The standard InChI is InChI=1S/C44H28OS/c1-3-14-29(15-4-1)32-18-7-8-20-36(32)43-37-21-9-10-22-38(37)44(46-43)39-27-26-31(28-40(39)30-16-5-2-6-17-30)33-23-13-24-35-34-19-11-12-25-41(34)45-42(33)35/h1-28H. The van der Waals surface area contributed by atoms with E-state index in [0.717, 1.165) is 33.1 Å². The van der Waals surface area contributed by atoms with Crippen LogP contribution in [0, 0.1) is 0 Å². The molecule has 0 unspecified atom stereocenters. The van der Waals surface area contributed by atoms with Crippen LogP contribution < -0.4 is 0 Å². The van der Waals surface area contributed by atoms with Crippen LogP contribution in [0.2, 0.25) is 0 Å². The van der Waals surface area contributed by atoms with Crippen LogP contribution in [0.15, 0.2) is 174 Å². The molecule has 2 heterocycles. The van der Waals surface area contributed by atoms with Crippen LogP contribution in [0.4, 0.5) is 0 Å². The number of hydrogen-bond acceptors (Lipinski definition) is 2. The van der Waals surface area contributed by atoms with E-state index in [-0.39, 0.29) is 0 Å². The van der Waals surface area contributed by atoms with E-state index in [1.54, 1.807) is 0 Å². The lowest BCUT2D eigenvalue weighted by molar-refractivity contribution is 0.670. The van der Waals surface area contributed by atoms with Gasteiger partial charge in [0.15, 0.2) is 0 Å². The molecular formula is C44H28OS. The third-order valence-corrected chi connectivity index (χ3v) is 10.2. The predicted octanol–water partition coefficient (Wildman–Crippen LogP) is 13.1. The molecule has 0 aliphatic heterocycles. The smallest absolute Gasteiger partial charge is 0.143 e. The molecule has 1 nitrogen and oxygen atoms in total. The molecule has 0 fully saturated rings. The second-order valence-electron chi connectivity index (χ2n) is 11.6. The highest BCUT2D eigenvalue weighted by Gasteiger charge is 2.20. The van der Waals surface area contributed by atoms with Crippen LogP contribution in [0.1, 0.15) is 0 Å². The lowest BCUT2D eigenvalue weighted by Gasteiger charge is -2.13. The number of fused-ring (bicyclic) bond motifs is 4. The third-order valence-electron chi connectivity index (χ3n) is 8.94. The molecule has 7 aromatic carbocycles. The van der Waals surface area contributed by atoms with Crippen molar-refractivity contribution in [2.24, 2.45) is 0 Å². The zero-order valence-corrected chi connectivity index (χ0v) is 25.8. The first-order valence-corrected chi connectivity index (χ1v) is 16.4. The van der Waals surface area contributed by atoms with Crippen LogP contribution in [0.5, 0.6) is 0 Å². The summed E-state index contributed by atoms with van der Waals surface area (Å²) in [5, 5.41) is 4.84. The number of hydrogen-bond donors (Lipinski definition) is 0. The highest BCUT2D eigenvalue weighted by atomic mass is 32.1. The molecule has 0 saturated carbocycles.